The molecule has 0 spiro atoms. The number of hydrogen-bond acceptors (Lipinski definition) is 2. The highest BCUT2D eigenvalue weighted by atomic mass is 14.9. The first-order valence-electron chi connectivity index (χ1n) is 5.87. The number of benzene rings is 1. The monoisotopic (exact) mass is 220 g/mol. The molecule has 0 fully saturated rings. The van der Waals surface area contributed by atoms with Crippen molar-refractivity contribution in [2.45, 2.75) is 41.5 Å². The van der Waals surface area contributed by atoms with Crippen LogP contribution in [0.5, 0.6) is 0 Å². The van der Waals surface area contributed by atoms with Gasteiger partial charge in [0.05, 0.1) is 6.20 Å². The lowest BCUT2D eigenvalue weighted by Crippen LogP contribution is -2.23. The fourth-order valence-corrected chi connectivity index (χ4v) is 1.14. The summed E-state index contributed by atoms with van der Waals surface area (Å²) in [7, 11) is 0. The Morgan fingerprint density at radius 3 is 2.06 bits per heavy atom. The van der Waals surface area contributed by atoms with Crippen molar-refractivity contribution in [3.63, 3.8) is 0 Å². The van der Waals surface area contributed by atoms with Gasteiger partial charge >= 0.3 is 0 Å². The van der Waals surface area contributed by atoms with Crippen LogP contribution in [0.1, 0.15) is 40.2 Å². The van der Waals surface area contributed by atoms with Crippen molar-refractivity contribution in [3.05, 3.63) is 34.2 Å². The molecule has 2 nitrogen and oxygen atoms in total. The summed E-state index contributed by atoms with van der Waals surface area (Å²) in [5, 5.41) is 5.39. The zero-order valence-electron chi connectivity index (χ0n) is 11.3. The van der Waals surface area contributed by atoms with Gasteiger partial charge in [-0.15, -0.1) is 0 Å². The second kappa shape index (κ2) is 11.6. The highest BCUT2D eigenvalue weighted by molar-refractivity contribution is 5.31. The van der Waals surface area contributed by atoms with Crippen LogP contribution in [0, 0.1) is 12.5 Å². The molecule has 2 heteroatoms. The van der Waals surface area contributed by atoms with Gasteiger partial charge in [0.25, 0.3) is 0 Å². The third-order valence-electron chi connectivity index (χ3n) is 1.76. The van der Waals surface area contributed by atoms with Gasteiger partial charge in [0.15, 0.2) is 0 Å². The lowest BCUT2D eigenvalue weighted by Gasteiger charge is -1.91. The van der Waals surface area contributed by atoms with Crippen LogP contribution in [-0.2, 0) is 0 Å². The largest absolute Gasteiger partial charge is 0.205 e. The molecule has 0 radical (unpaired) electrons. The van der Waals surface area contributed by atoms with Crippen LogP contribution in [0.25, 0.3) is 12.3 Å². The second-order valence-corrected chi connectivity index (χ2v) is 2.68. The van der Waals surface area contributed by atoms with Gasteiger partial charge in [-0.25, -0.2) is 5.53 Å². The van der Waals surface area contributed by atoms with Gasteiger partial charge in [-0.1, -0.05) is 51.5 Å². The molecule has 0 saturated carbocycles. The van der Waals surface area contributed by atoms with Crippen LogP contribution in [0.3, 0.4) is 0 Å². The topological polar surface area (TPSA) is 36.2 Å². The van der Waals surface area contributed by atoms with E-state index in [1.807, 2.05) is 59.8 Å². The Kier molecular flexibility index (Phi) is 12.3. The van der Waals surface area contributed by atoms with Crippen molar-refractivity contribution in [2.75, 3.05) is 0 Å². The SMILES string of the molecule is C/C=c1/ccc(C)c/c1=C/N=N.CC.CC. The van der Waals surface area contributed by atoms with Crippen molar-refractivity contribution in [3.8, 4) is 0 Å². The maximum atomic E-state index is 6.74. The van der Waals surface area contributed by atoms with Crippen LogP contribution in [0.2, 0.25) is 0 Å². The van der Waals surface area contributed by atoms with E-state index in [4.69, 9.17) is 5.53 Å². The molecule has 0 aliphatic rings. The smallest absolute Gasteiger partial charge is 0.0567 e. The number of nitrogens with zero attached hydrogens (tertiary/aromatic N) is 1. The number of rotatable bonds is 1. The Morgan fingerprint density at radius 2 is 1.62 bits per heavy atom. The highest BCUT2D eigenvalue weighted by Gasteiger charge is 1.85. The minimum absolute atomic E-state index is 1.01. The summed E-state index contributed by atoms with van der Waals surface area (Å²) in [5.41, 5.74) is 7.93. The summed E-state index contributed by atoms with van der Waals surface area (Å²) in [6.45, 7) is 12.0. The fraction of sp³-hybridized carbons (Fsp3) is 0.429. The molecule has 0 aliphatic carbocycles. The minimum atomic E-state index is 1.01. The van der Waals surface area contributed by atoms with Crippen LogP contribution in [0.4, 0.5) is 0 Å². The van der Waals surface area contributed by atoms with Gasteiger partial charge in [0, 0.05) is 5.22 Å². The summed E-state index contributed by atoms with van der Waals surface area (Å²) in [6, 6.07) is 6.11. The third kappa shape index (κ3) is 6.12. The maximum absolute atomic E-state index is 6.74. The summed E-state index contributed by atoms with van der Waals surface area (Å²) >= 11 is 0. The predicted molar refractivity (Wildman–Crippen MR) is 72.9 cm³/mol. The zero-order chi connectivity index (χ0) is 13.0. The number of hydrogen-bond donors (Lipinski definition) is 1. The molecule has 0 bridgehead atoms. The van der Waals surface area contributed by atoms with Crippen LogP contribution >= 0.6 is 0 Å². The average Bonchev–Trinajstić information content (AvgIpc) is 2.35. The van der Waals surface area contributed by atoms with E-state index in [2.05, 4.69) is 11.2 Å². The van der Waals surface area contributed by atoms with E-state index in [0.717, 1.165) is 10.4 Å². The molecule has 0 aliphatic heterocycles. The molecule has 90 valence electrons. The summed E-state index contributed by atoms with van der Waals surface area (Å²) in [5.74, 6) is 0. The van der Waals surface area contributed by atoms with Crippen molar-refractivity contribution < 1.29 is 0 Å². The third-order valence-corrected chi connectivity index (χ3v) is 1.76. The van der Waals surface area contributed by atoms with Gasteiger partial charge in [-0.05, 0) is 25.1 Å². The first-order valence-corrected chi connectivity index (χ1v) is 5.87. The minimum Gasteiger partial charge on any atom is -0.205 e. The van der Waals surface area contributed by atoms with Crippen molar-refractivity contribution in [1.29, 1.82) is 5.53 Å². The van der Waals surface area contributed by atoms with Gasteiger partial charge in [0.1, 0.15) is 0 Å². The van der Waals surface area contributed by atoms with E-state index in [-0.39, 0.29) is 0 Å². The van der Waals surface area contributed by atoms with E-state index < -0.39 is 0 Å². The van der Waals surface area contributed by atoms with E-state index in [1.165, 1.54) is 5.56 Å². The molecular formula is C14H24N2. The molecule has 1 aromatic rings. The van der Waals surface area contributed by atoms with Gasteiger partial charge in [-0.3, -0.25) is 0 Å². The van der Waals surface area contributed by atoms with Gasteiger partial charge < -0.3 is 0 Å². The standard InChI is InChI=1S/C10H12N2.2C2H6/c1-3-9-5-4-8(2)6-10(9)7-12-11;2*1-2/h3-7,11H,1-2H3;2*1-2H3/b9-3-,10-7-,12-11?;;. The molecule has 1 rings (SSSR count). The Labute approximate surface area is 99.2 Å². The normalized spacial score (nSPS) is 10.9. The number of aryl methyl sites for hydroxylation is 1. The average molecular weight is 220 g/mol. The van der Waals surface area contributed by atoms with Crippen LogP contribution in [-0.4, -0.2) is 0 Å². The van der Waals surface area contributed by atoms with Gasteiger partial charge in [-0.2, -0.15) is 5.11 Å². The Bertz CT molecular complexity index is 392. The lowest BCUT2D eigenvalue weighted by atomic mass is 10.2. The van der Waals surface area contributed by atoms with Crippen LogP contribution in [0.15, 0.2) is 23.3 Å². The molecule has 0 saturated heterocycles. The van der Waals surface area contributed by atoms with E-state index >= 15 is 0 Å². The zero-order valence-corrected chi connectivity index (χ0v) is 11.3. The van der Waals surface area contributed by atoms with Crippen LogP contribution < -0.4 is 10.4 Å². The number of nitrogens with one attached hydrogen (secondary N) is 1. The quantitative estimate of drug-likeness (QED) is 0.702. The Hall–Kier alpha value is -1.44. The van der Waals surface area contributed by atoms with Gasteiger partial charge in [0.2, 0.25) is 0 Å². The Morgan fingerprint density at radius 1 is 1.06 bits per heavy atom. The molecule has 0 unspecified atom stereocenters. The van der Waals surface area contributed by atoms with E-state index in [9.17, 15) is 0 Å². The summed E-state index contributed by atoms with van der Waals surface area (Å²) < 4.78 is 0. The highest BCUT2D eigenvalue weighted by Crippen LogP contribution is 1.86. The molecular weight excluding hydrogens is 196 g/mol. The van der Waals surface area contributed by atoms with Crippen molar-refractivity contribution in [1.82, 2.24) is 0 Å². The molecule has 1 aromatic carbocycles. The predicted octanol–water partition coefficient (Wildman–Crippen LogP) is 3.62. The first-order chi connectivity index (χ1) is 7.77. The molecule has 0 aromatic heterocycles. The molecule has 0 atom stereocenters. The summed E-state index contributed by atoms with van der Waals surface area (Å²) in [4.78, 5) is 0. The molecule has 0 amide bonds. The second-order valence-electron chi connectivity index (χ2n) is 2.68. The Balaban J connectivity index is 0. The van der Waals surface area contributed by atoms with E-state index in [1.54, 1.807) is 6.20 Å². The van der Waals surface area contributed by atoms with Crippen molar-refractivity contribution in [2.24, 2.45) is 5.11 Å². The summed E-state index contributed by atoms with van der Waals surface area (Å²) in [6.07, 6.45) is 3.57. The molecule has 16 heavy (non-hydrogen) atoms. The lowest BCUT2D eigenvalue weighted by molar-refractivity contribution is 1.18. The van der Waals surface area contributed by atoms with Crippen molar-refractivity contribution >= 4 is 12.3 Å². The molecule has 1 N–H and O–H groups in total. The fourth-order valence-electron chi connectivity index (χ4n) is 1.14. The maximum Gasteiger partial charge on any atom is 0.0567 e. The first kappa shape index (κ1) is 17.0. The molecule has 0 heterocycles. The van der Waals surface area contributed by atoms with E-state index in [0.29, 0.717) is 0 Å².